The number of carbonyl (C=O) groups excluding carboxylic acids is 3. The fraction of sp³-hybridized carbons (Fsp3) is 0.444. The summed E-state index contributed by atoms with van der Waals surface area (Å²) in [5, 5.41) is 3.59. The van der Waals surface area contributed by atoms with Gasteiger partial charge in [-0.05, 0) is 56.4 Å². The average molecular weight is 498 g/mol. The highest BCUT2D eigenvalue weighted by Crippen LogP contribution is 2.38. The fourth-order valence-corrected chi connectivity index (χ4v) is 5.57. The maximum absolute atomic E-state index is 13.7. The SMILES string of the molecule is COCCN1C(=O)NC(Cc2ccccc2Cl)(C2CCN(C(=O)c3cc(C)cc(C)c3)CC2)C1=O. The third-order valence-electron chi connectivity index (χ3n) is 7.10. The minimum Gasteiger partial charge on any atom is -0.383 e. The van der Waals surface area contributed by atoms with Crippen LogP contribution in [0.2, 0.25) is 5.02 Å². The van der Waals surface area contributed by atoms with Crippen LogP contribution in [0.1, 0.15) is 39.9 Å². The Bertz CT molecular complexity index is 1110. The molecule has 186 valence electrons. The van der Waals surface area contributed by atoms with Crippen LogP contribution in [0.25, 0.3) is 0 Å². The van der Waals surface area contributed by atoms with Crippen LogP contribution in [-0.4, -0.2) is 66.5 Å². The number of imide groups is 1. The van der Waals surface area contributed by atoms with Crippen molar-refractivity contribution >= 4 is 29.4 Å². The Kier molecular flexibility index (Phi) is 7.47. The van der Waals surface area contributed by atoms with Crippen molar-refractivity contribution in [1.29, 1.82) is 0 Å². The molecule has 35 heavy (non-hydrogen) atoms. The summed E-state index contributed by atoms with van der Waals surface area (Å²) < 4.78 is 5.11. The monoisotopic (exact) mass is 497 g/mol. The number of likely N-dealkylation sites (tertiary alicyclic amines) is 1. The lowest BCUT2D eigenvalue weighted by Gasteiger charge is -2.41. The van der Waals surface area contributed by atoms with Gasteiger partial charge in [0.2, 0.25) is 0 Å². The molecule has 2 saturated heterocycles. The zero-order valence-corrected chi connectivity index (χ0v) is 21.2. The second-order valence-corrected chi connectivity index (χ2v) is 9.97. The number of rotatable bonds is 7. The Labute approximate surface area is 211 Å². The van der Waals surface area contributed by atoms with Gasteiger partial charge in [-0.15, -0.1) is 0 Å². The summed E-state index contributed by atoms with van der Waals surface area (Å²) in [4.78, 5) is 42.9. The number of methoxy groups -OCH3 is 1. The van der Waals surface area contributed by atoms with Gasteiger partial charge in [0, 0.05) is 37.2 Å². The minimum atomic E-state index is -1.11. The molecule has 0 aliphatic carbocycles. The van der Waals surface area contributed by atoms with E-state index in [-0.39, 0.29) is 30.9 Å². The summed E-state index contributed by atoms with van der Waals surface area (Å²) in [6.45, 7) is 5.46. The number of ether oxygens (including phenoxy) is 1. The molecule has 0 saturated carbocycles. The van der Waals surface area contributed by atoms with E-state index in [4.69, 9.17) is 16.3 Å². The standard InChI is InChI=1S/C27H32ClN3O4/c1-18-14-19(2)16-21(15-18)24(32)30-10-8-22(9-11-30)27(17-20-6-4-5-7-23(20)28)25(33)31(12-13-35-3)26(34)29-27/h4-7,14-16,22H,8-13,17H2,1-3H3,(H,29,34). The second-order valence-electron chi connectivity index (χ2n) is 9.56. The average Bonchev–Trinajstić information content (AvgIpc) is 3.07. The van der Waals surface area contributed by atoms with Crippen LogP contribution >= 0.6 is 11.6 Å². The highest BCUT2D eigenvalue weighted by Gasteiger charge is 2.56. The van der Waals surface area contributed by atoms with Gasteiger partial charge in [-0.3, -0.25) is 14.5 Å². The lowest BCUT2D eigenvalue weighted by molar-refractivity contribution is -0.134. The highest BCUT2D eigenvalue weighted by molar-refractivity contribution is 6.31. The number of aryl methyl sites for hydroxylation is 2. The number of nitrogens with one attached hydrogen (secondary N) is 1. The molecule has 1 unspecified atom stereocenters. The largest absolute Gasteiger partial charge is 0.383 e. The number of amides is 4. The molecule has 2 fully saturated rings. The Morgan fingerprint density at radius 2 is 1.77 bits per heavy atom. The normalized spacial score (nSPS) is 20.9. The first-order valence-corrected chi connectivity index (χ1v) is 12.4. The zero-order chi connectivity index (χ0) is 25.2. The van der Waals surface area contributed by atoms with Crippen LogP contribution < -0.4 is 5.32 Å². The minimum absolute atomic E-state index is 0.00101. The molecule has 2 aromatic rings. The molecule has 4 amide bonds. The zero-order valence-electron chi connectivity index (χ0n) is 20.5. The molecule has 0 radical (unpaired) electrons. The number of urea groups is 1. The quantitative estimate of drug-likeness (QED) is 0.587. The third-order valence-corrected chi connectivity index (χ3v) is 7.46. The van der Waals surface area contributed by atoms with Gasteiger partial charge in [0.25, 0.3) is 11.8 Å². The van der Waals surface area contributed by atoms with E-state index < -0.39 is 11.6 Å². The van der Waals surface area contributed by atoms with Crippen LogP contribution in [0.5, 0.6) is 0 Å². The molecule has 2 aromatic carbocycles. The molecule has 1 atom stereocenters. The molecule has 2 aliphatic rings. The van der Waals surface area contributed by atoms with Crippen molar-refractivity contribution in [2.24, 2.45) is 5.92 Å². The maximum Gasteiger partial charge on any atom is 0.325 e. The van der Waals surface area contributed by atoms with Crippen LogP contribution in [0.4, 0.5) is 4.79 Å². The number of carbonyl (C=O) groups is 3. The first kappa shape index (κ1) is 25.2. The van der Waals surface area contributed by atoms with Crippen LogP contribution in [0.15, 0.2) is 42.5 Å². The van der Waals surface area contributed by atoms with Crippen LogP contribution in [0, 0.1) is 19.8 Å². The Hall–Kier alpha value is -2.90. The van der Waals surface area contributed by atoms with Crippen molar-refractivity contribution < 1.29 is 19.1 Å². The number of nitrogens with zero attached hydrogens (tertiary/aromatic N) is 2. The number of hydrogen-bond donors (Lipinski definition) is 1. The molecule has 1 N–H and O–H groups in total. The first-order valence-electron chi connectivity index (χ1n) is 12.0. The lowest BCUT2D eigenvalue weighted by Crippen LogP contribution is -2.58. The third kappa shape index (κ3) is 5.07. The van der Waals surface area contributed by atoms with Crippen molar-refractivity contribution in [3.63, 3.8) is 0 Å². The van der Waals surface area contributed by atoms with Crippen LogP contribution in [0.3, 0.4) is 0 Å². The Morgan fingerprint density at radius 3 is 2.40 bits per heavy atom. The molecular weight excluding hydrogens is 466 g/mol. The predicted octanol–water partition coefficient (Wildman–Crippen LogP) is 3.99. The molecule has 8 heteroatoms. The number of halogens is 1. The van der Waals surface area contributed by atoms with Gasteiger partial charge in [0.15, 0.2) is 0 Å². The topological polar surface area (TPSA) is 79.0 Å². The van der Waals surface area contributed by atoms with Crippen molar-refractivity contribution in [2.75, 3.05) is 33.4 Å². The molecule has 4 rings (SSSR count). The molecule has 2 heterocycles. The fourth-order valence-electron chi connectivity index (χ4n) is 5.37. The summed E-state index contributed by atoms with van der Waals surface area (Å²) in [6.07, 6.45) is 1.51. The van der Waals surface area contributed by atoms with Gasteiger partial charge in [0.1, 0.15) is 5.54 Å². The van der Waals surface area contributed by atoms with E-state index in [0.29, 0.717) is 42.9 Å². The Balaban J connectivity index is 1.57. The van der Waals surface area contributed by atoms with Crippen molar-refractivity contribution in [3.05, 3.63) is 69.7 Å². The molecule has 0 spiro atoms. The van der Waals surface area contributed by atoms with Gasteiger partial charge in [-0.25, -0.2) is 4.79 Å². The predicted molar refractivity (Wildman–Crippen MR) is 135 cm³/mol. The molecule has 2 aliphatic heterocycles. The molecule has 0 aromatic heterocycles. The molecule has 0 bridgehead atoms. The van der Waals surface area contributed by atoms with E-state index in [2.05, 4.69) is 5.32 Å². The summed E-state index contributed by atoms with van der Waals surface area (Å²) in [7, 11) is 1.54. The summed E-state index contributed by atoms with van der Waals surface area (Å²) in [6, 6.07) is 12.9. The number of piperidine rings is 1. The summed E-state index contributed by atoms with van der Waals surface area (Å²) >= 11 is 6.46. The molecule has 7 nitrogen and oxygen atoms in total. The number of benzene rings is 2. The van der Waals surface area contributed by atoms with Gasteiger partial charge in [-0.2, -0.15) is 0 Å². The summed E-state index contributed by atoms with van der Waals surface area (Å²) in [5.41, 5.74) is 2.49. The van der Waals surface area contributed by atoms with Gasteiger partial charge < -0.3 is 15.0 Å². The maximum atomic E-state index is 13.7. The highest BCUT2D eigenvalue weighted by atomic mass is 35.5. The Morgan fingerprint density at radius 1 is 1.11 bits per heavy atom. The van der Waals surface area contributed by atoms with E-state index in [1.807, 2.05) is 55.1 Å². The van der Waals surface area contributed by atoms with Crippen molar-refractivity contribution in [1.82, 2.24) is 15.1 Å². The smallest absolute Gasteiger partial charge is 0.325 e. The van der Waals surface area contributed by atoms with Gasteiger partial charge in [-0.1, -0.05) is 47.0 Å². The summed E-state index contributed by atoms with van der Waals surface area (Å²) in [5.74, 6) is -0.386. The van der Waals surface area contributed by atoms with E-state index in [1.54, 1.807) is 6.07 Å². The second kappa shape index (κ2) is 10.4. The van der Waals surface area contributed by atoms with E-state index >= 15 is 0 Å². The first-order chi connectivity index (χ1) is 16.7. The molecular formula is C27H32ClN3O4. The lowest BCUT2D eigenvalue weighted by atomic mass is 9.73. The van der Waals surface area contributed by atoms with E-state index in [0.717, 1.165) is 16.7 Å². The van der Waals surface area contributed by atoms with E-state index in [1.165, 1.54) is 12.0 Å². The van der Waals surface area contributed by atoms with Crippen LogP contribution in [-0.2, 0) is 16.0 Å². The van der Waals surface area contributed by atoms with Crippen molar-refractivity contribution in [3.8, 4) is 0 Å². The van der Waals surface area contributed by atoms with Gasteiger partial charge in [0.05, 0.1) is 13.2 Å². The van der Waals surface area contributed by atoms with Gasteiger partial charge >= 0.3 is 6.03 Å². The number of hydrogen-bond acceptors (Lipinski definition) is 4. The van der Waals surface area contributed by atoms with E-state index in [9.17, 15) is 14.4 Å². The van der Waals surface area contributed by atoms with Crippen molar-refractivity contribution in [2.45, 2.75) is 38.6 Å².